The van der Waals surface area contributed by atoms with Crippen molar-refractivity contribution in [3.63, 3.8) is 0 Å². The Kier molecular flexibility index (Phi) is 4.40. The summed E-state index contributed by atoms with van der Waals surface area (Å²) in [5, 5.41) is 0. The van der Waals surface area contributed by atoms with E-state index in [0.29, 0.717) is 12.5 Å². The molecule has 106 valence electrons. The van der Waals surface area contributed by atoms with Gasteiger partial charge in [-0.25, -0.2) is 9.97 Å². The van der Waals surface area contributed by atoms with E-state index in [-0.39, 0.29) is 0 Å². The van der Waals surface area contributed by atoms with Crippen LogP contribution in [0.1, 0.15) is 11.1 Å². The third kappa shape index (κ3) is 3.17. The minimum absolute atomic E-state index is 0.698. The molecule has 2 aromatic rings. The lowest BCUT2D eigenvalue weighted by Crippen LogP contribution is -2.19. The van der Waals surface area contributed by atoms with Gasteiger partial charge in [-0.3, -0.25) is 0 Å². The summed E-state index contributed by atoms with van der Waals surface area (Å²) >= 11 is 0. The lowest BCUT2D eigenvalue weighted by Gasteiger charge is -2.18. The maximum Gasteiger partial charge on any atom is 0.225 e. The van der Waals surface area contributed by atoms with Gasteiger partial charge >= 0.3 is 0 Å². The van der Waals surface area contributed by atoms with Crippen molar-refractivity contribution in [2.45, 2.75) is 13.5 Å². The molecule has 0 unspecified atom stereocenters. The van der Waals surface area contributed by atoms with Crippen molar-refractivity contribution >= 4 is 5.95 Å². The molecule has 0 amide bonds. The van der Waals surface area contributed by atoms with Gasteiger partial charge in [0.05, 0.1) is 14.2 Å². The molecular formula is C15H19N3O2. The number of ether oxygens (including phenoxy) is 2. The molecule has 20 heavy (non-hydrogen) atoms. The van der Waals surface area contributed by atoms with E-state index in [4.69, 9.17) is 9.47 Å². The van der Waals surface area contributed by atoms with Gasteiger partial charge in [-0.05, 0) is 30.2 Å². The van der Waals surface area contributed by atoms with Crippen molar-refractivity contribution in [1.29, 1.82) is 0 Å². The quantitative estimate of drug-likeness (QED) is 0.837. The maximum absolute atomic E-state index is 5.31. The number of rotatable bonds is 5. The fraction of sp³-hybridized carbons (Fsp3) is 0.333. The topological polar surface area (TPSA) is 47.5 Å². The minimum atomic E-state index is 0.698. The van der Waals surface area contributed by atoms with Crippen molar-refractivity contribution in [2.75, 3.05) is 26.2 Å². The average molecular weight is 273 g/mol. The summed E-state index contributed by atoms with van der Waals surface area (Å²) in [6.45, 7) is 2.67. The van der Waals surface area contributed by atoms with Crippen molar-refractivity contribution in [1.82, 2.24) is 9.97 Å². The lowest BCUT2D eigenvalue weighted by molar-refractivity contribution is 0.354. The zero-order valence-corrected chi connectivity index (χ0v) is 12.3. The molecule has 1 aromatic carbocycles. The van der Waals surface area contributed by atoms with Crippen LogP contribution in [0.25, 0.3) is 0 Å². The Bertz CT molecular complexity index is 570. The molecule has 5 nitrogen and oxygen atoms in total. The van der Waals surface area contributed by atoms with Crippen LogP contribution in [0, 0.1) is 6.92 Å². The summed E-state index contributed by atoms with van der Waals surface area (Å²) in [4.78, 5) is 10.6. The number of aromatic nitrogens is 2. The summed E-state index contributed by atoms with van der Waals surface area (Å²) < 4.78 is 10.5. The van der Waals surface area contributed by atoms with E-state index in [1.165, 1.54) is 0 Å². The molecule has 0 saturated heterocycles. The summed E-state index contributed by atoms with van der Waals surface area (Å²) in [5.41, 5.74) is 2.16. The second-order valence-corrected chi connectivity index (χ2v) is 4.61. The molecule has 1 aromatic heterocycles. The van der Waals surface area contributed by atoms with Crippen LogP contribution < -0.4 is 14.4 Å². The highest BCUT2D eigenvalue weighted by molar-refractivity contribution is 5.44. The first-order valence-corrected chi connectivity index (χ1v) is 6.34. The normalized spacial score (nSPS) is 10.2. The van der Waals surface area contributed by atoms with E-state index in [1.807, 2.05) is 49.5 Å². The molecule has 0 aliphatic heterocycles. The van der Waals surface area contributed by atoms with Gasteiger partial charge in [0.15, 0.2) is 11.5 Å². The highest BCUT2D eigenvalue weighted by Crippen LogP contribution is 2.28. The van der Waals surface area contributed by atoms with E-state index in [1.54, 1.807) is 14.2 Å². The van der Waals surface area contributed by atoms with Crippen LogP contribution in [0.15, 0.2) is 30.6 Å². The fourth-order valence-corrected chi connectivity index (χ4v) is 1.91. The van der Waals surface area contributed by atoms with Crippen LogP contribution in [0.3, 0.4) is 0 Å². The molecule has 0 N–H and O–H groups in total. The zero-order valence-electron chi connectivity index (χ0n) is 12.3. The number of hydrogen-bond donors (Lipinski definition) is 0. The van der Waals surface area contributed by atoms with Crippen LogP contribution in [-0.2, 0) is 6.54 Å². The minimum Gasteiger partial charge on any atom is -0.493 e. The molecule has 0 bridgehead atoms. The summed E-state index contributed by atoms with van der Waals surface area (Å²) in [6, 6.07) is 5.87. The van der Waals surface area contributed by atoms with Crippen LogP contribution in [0.2, 0.25) is 0 Å². The van der Waals surface area contributed by atoms with E-state index in [9.17, 15) is 0 Å². The molecule has 0 spiro atoms. The van der Waals surface area contributed by atoms with E-state index >= 15 is 0 Å². The van der Waals surface area contributed by atoms with Crippen LogP contribution in [-0.4, -0.2) is 31.2 Å². The molecule has 0 saturated carbocycles. The Balaban J connectivity index is 2.15. The lowest BCUT2D eigenvalue weighted by atomic mass is 10.2. The van der Waals surface area contributed by atoms with Gasteiger partial charge in [0.1, 0.15) is 0 Å². The molecular weight excluding hydrogens is 254 g/mol. The Morgan fingerprint density at radius 3 is 2.30 bits per heavy atom. The standard InChI is InChI=1S/C15H19N3O2/c1-11-8-16-15(17-9-11)18(2)10-12-5-6-13(19-3)14(7-12)20-4/h5-9H,10H2,1-4H3. The molecule has 0 aliphatic carbocycles. The van der Waals surface area contributed by atoms with Gasteiger partial charge in [-0.15, -0.1) is 0 Å². The van der Waals surface area contributed by atoms with Crippen molar-refractivity contribution < 1.29 is 9.47 Å². The predicted molar refractivity (Wildman–Crippen MR) is 78.4 cm³/mol. The smallest absolute Gasteiger partial charge is 0.225 e. The Morgan fingerprint density at radius 2 is 1.70 bits per heavy atom. The first-order chi connectivity index (χ1) is 9.63. The second-order valence-electron chi connectivity index (χ2n) is 4.61. The molecule has 5 heteroatoms. The number of anilines is 1. The first kappa shape index (κ1) is 14.1. The number of benzene rings is 1. The van der Waals surface area contributed by atoms with Gasteiger partial charge in [0.25, 0.3) is 0 Å². The molecule has 0 aliphatic rings. The Morgan fingerprint density at radius 1 is 1.05 bits per heavy atom. The van der Waals surface area contributed by atoms with Gasteiger partial charge in [0, 0.05) is 26.0 Å². The molecule has 0 fully saturated rings. The molecule has 0 atom stereocenters. The maximum atomic E-state index is 5.31. The third-order valence-corrected chi connectivity index (χ3v) is 2.98. The van der Waals surface area contributed by atoms with Gasteiger partial charge < -0.3 is 14.4 Å². The molecule has 2 rings (SSSR count). The number of hydrogen-bond acceptors (Lipinski definition) is 5. The first-order valence-electron chi connectivity index (χ1n) is 6.34. The van der Waals surface area contributed by atoms with Gasteiger partial charge in [-0.1, -0.05) is 6.07 Å². The summed E-state index contributed by atoms with van der Waals surface area (Å²) in [5.74, 6) is 2.15. The zero-order chi connectivity index (χ0) is 14.5. The second kappa shape index (κ2) is 6.23. The molecule has 0 radical (unpaired) electrons. The van der Waals surface area contributed by atoms with Crippen molar-refractivity contribution in [3.05, 3.63) is 41.7 Å². The van der Waals surface area contributed by atoms with E-state index in [2.05, 4.69) is 9.97 Å². The number of nitrogens with zero attached hydrogens (tertiary/aromatic N) is 3. The Hall–Kier alpha value is -2.30. The van der Waals surface area contributed by atoms with Gasteiger partial charge in [0.2, 0.25) is 5.95 Å². The summed E-state index contributed by atoms with van der Waals surface area (Å²) in [7, 11) is 5.22. The monoisotopic (exact) mass is 273 g/mol. The third-order valence-electron chi connectivity index (χ3n) is 2.98. The predicted octanol–water partition coefficient (Wildman–Crippen LogP) is 2.44. The van der Waals surface area contributed by atoms with Crippen LogP contribution >= 0.6 is 0 Å². The van der Waals surface area contributed by atoms with E-state index in [0.717, 1.165) is 22.6 Å². The number of aryl methyl sites for hydroxylation is 1. The van der Waals surface area contributed by atoms with Crippen molar-refractivity contribution in [3.8, 4) is 11.5 Å². The van der Waals surface area contributed by atoms with Crippen LogP contribution in [0.5, 0.6) is 11.5 Å². The highest BCUT2D eigenvalue weighted by atomic mass is 16.5. The van der Waals surface area contributed by atoms with Crippen molar-refractivity contribution in [2.24, 2.45) is 0 Å². The van der Waals surface area contributed by atoms with E-state index < -0.39 is 0 Å². The highest BCUT2D eigenvalue weighted by Gasteiger charge is 2.08. The van der Waals surface area contributed by atoms with Gasteiger partial charge in [-0.2, -0.15) is 0 Å². The summed E-state index contributed by atoms with van der Waals surface area (Å²) in [6.07, 6.45) is 3.63. The largest absolute Gasteiger partial charge is 0.493 e. The number of methoxy groups -OCH3 is 2. The Labute approximate surface area is 119 Å². The fourth-order valence-electron chi connectivity index (χ4n) is 1.91. The average Bonchev–Trinajstić information content (AvgIpc) is 2.47. The van der Waals surface area contributed by atoms with Crippen LogP contribution in [0.4, 0.5) is 5.95 Å². The SMILES string of the molecule is COc1ccc(CN(C)c2ncc(C)cn2)cc1OC. The molecule has 1 heterocycles.